The van der Waals surface area contributed by atoms with Gasteiger partial charge in [-0.05, 0) is 92.6 Å². The predicted molar refractivity (Wildman–Crippen MR) is 138 cm³/mol. The summed E-state index contributed by atoms with van der Waals surface area (Å²) in [5.74, 6) is 2.44. The average molecular weight is 455 g/mol. The maximum atomic E-state index is 5.88. The van der Waals surface area contributed by atoms with Gasteiger partial charge in [-0.2, -0.15) is 0 Å². The normalized spacial score (nSPS) is 10.6. The van der Waals surface area contributed by atoms with Crippen LogP contribution in [0.5, 0.6) is 17.2 Å². The van der Waals surface area contributed by atoms with Gasteiger partial charge in [-0.3, -0.25) is 4.98 Å². The van der Waals surface area contributed by atoms with Crippen molar-refractivity contribution in [2.75, 3.05) is 25.1 Å². The van der Waals surface area contributed by atoms with Crippen molar-refractivity contribution in [2.45, 2.75) is 20.8 Å². The Hall–Kier alpha value is -3.99. The molecule has 1 aromatic heterocycles. The highest BCUT2D eigenvalue weighted by molar-refractivity contribution is 5.75. The van der Waals surface area contributed by atoms with Gasteiger partial charge in [-0.1, -0.05) is 12.1 Å². The van der Waals surface area contributed by atoms with E-state index in [1.54, 1.807) is 0 Å². The van der Waals surface area contributed by atoms with E-state index in [-0.39, 0.29) is 0 Å². The van der Waals surface area contributed by atoms with Crippen molar-refractivity contribution in [2.24, 2.45) is 0 Å². The number of aromatic nitrogens is 1. The number of ether oxygens (including phenoxy) is 3. The first-order valence-electron chi connectivity index (χ1n) is 11.7. The zero-order chi connectivity index (χ0) is 23.8. The van der Waals surface area contributed by atoms with Gasteiger partial charge in [-0.25, -0.2) is 0 Å². The predicted octanol–water partition coefficient (Wildman–Crippen LogP) is 7.36. The molecule has 5 nitrogen and oxygen atoms in total. The minimum absolute atomic E-state index is 0.574. The Morgan fingerprint density at radius 1 is 0.618 bits per heavy atom. The second-order valence-electron chi connectivity index (χ2n) is 7.61. The minimum Gasteiger partial charge on any atom is -0.494 e. The Morgan fingerprint density at radius 3 is 1.91 bits per heavy atom. The van der Waals surface area contributed by atoms with Gasteiger partial charge in [0.05, 0.1) is 25.5 Å². The molecule has 0 bridgehead atoms. The lowest BCUT2D eigenvalue weighted by Gasteiger charge is -2.13. The number of hydrogen-bond donors (Lipinski definition) is 1. The molecule has 4 rings (SSSR count). The van der Waals surface area contributed by atoms with E-state index < -0.39 is 0 Å². The van der Waals surface area contributed by atoms with Crippen LogP contribution in [-0.4, -0.2) is 24.8 Å². The molecule has 0 aliphatic rings. The second-order valence-corrected chi connectivity index (χ2v) is 7.61. The van der Waals surface area contributed by atoms with Crippen molar-refractivity contribution >= 4 is 11.4 Å². The molecule has 0 aliphatic carbocycles. The molecule has 0 atom stereocenters. The third kappa shape index (κ3) is 5.67. The van der Waals surface area contributed by atoms with Crippen LogP contribution in [-0.2, 0) is 0 Å². The molecule has 0 saturated heterocycles. The smallest absolute Gasteiger partial charge is 0.132 e. The summed E-state index contributed by atoms with van der Waals surface area (Å²) in [5, 5.41) is 3.43. The summed E-state index contributed by atoms with van der Waals surface area (Å²) in [4.78, 5) is 4.60. The molecular weight excluding hydrogens is 424 g/mol. The van der Waals surface area contributed by atoms with E-state index in [9.17, 15) is 0 Å². The first kappa shape index (κ1) is 23.2. The van der Waals surface area contributed by atoms with Crippen LogP contribution >= 0.6 is 0 Å². The maximum Gasteiger partial charge on any atom is 0.132 e. The Bertz CT molecular complexity index is 1200. The number of pyridine rings is 1. The molecule has 0 radical (unpaired) electrons. The molecule has 174 valence electrons. The lowest BCUT2D eigenvalue weighted by atomic mass is 10.0. The molecule has 0 amide bonds. The SMILES string of the molecule is CCOc1ccc(Nc2ccc(-c3ccnc(-c4ccc(OCC)cc4OCC)c3)cc2)cc1. The molecule has 0 unspecified atom stereocenters. The molecule has 4 aromatic rings. The Morgan fingerprint density at radius 2 is 1.24 bits per heavy atom. The van der Waals surface area contributed by atoms with E-state index in [4.69, 9.17) is 14.2 Å². The zero-order valence-corrected chi connectivity index (χ0v) is 19.9. The maximum absolute atomic E-state index is 5.88. The molecule has 1 N–H and O–H groups in total. The number of anilines is 2. The zero-order valence-electron chi connectivity index (χ0n) is 19.9. The van der Waals surface area contributed by atoms with Crippen LogP contribution in [0.2, 0.25) is 0 Å². The van der Waals surface area contributed by atoms with Crippen LogP contribution in [0, 0.1) is 0 Å². The van der Waals surface area contributed by atoms with Gasteiger partial charge >= 0.3 is 0 Å². The van der Waals surface area contributed by atoms with Crippen LogP contribution in [0.3, 0.4) is 0 Å². The summed E-state index contributed by atoms with van der Waals surface area (Å²) in [6.07, 6.45) is 1.84. The quantitative estimate of drug-likeness (QED) is 0.271. The van der Waals surface area contributed by atoms with E-state index in [0.717, 1.165) is 51.0 Å². The third-order valence-electron chi connectivity index (χ3n) is 5.27. The van der Waals surface area contributed by atoms with Crippen molar-refractivity contribution in [3.05, 3.63) is 85.1 Å². The van der Waals surface area contributed by atoms with Crippen LogP contribution in [0.1, 0.15) is 20.8 Å². The third-order valence-corrected chi connectivity index (χ3v) is 5.27. The molecule has 34 heavy (non-hydrogen) atoms. The molecule has 0 fully saturated rings. The molecular formula is C29H30N2O3. The Labute approximate surface area is 201 Å². The molecule has 0 saturated carbocycles. The number of hydrogen-bond acceptors (Lipinski definition) is 5. The Kier molecular flexibility index (Phi) is 7.66. The fraction of sp³-hybridized carbons (Fsp3) is 0.207. The van der Waals surface area contributed by atoms with Crippen LogP contribution < -0.4 is 19.5 Å². The van der Waals surface area contributed by atoms with Gasteiger partial charge < -0.3 is 19.5 Å². The summed E-state index contributed by atoms with van der Waals surface area (Å²) in [5.41, 5.74) is 6.05. The topological polar surface area (TPSA) is 52.6 Å². The van der Waals surface area contributed by atoms with Crippen LogP contribution in [0.15, 0.2) is 85.1 Å². The summed E-state index contributed by atoms with van der Waals surface area (Å²) < 4.78 is 17.0. The Balaban J connectivity index is 1.54. The standard InChI is InChI=1S/C29H30N2O3/c1-4-32-25-13-11-24(12-14-25)31-23-9-7-21(8-10-23)22-17-18-30-28(19-22)27-16-15-26(33-5-2)20-29(27)34-6-3/h7-20,31H,4-6H2,1-3H3. The van der Waals surface area contributed by atoms with E-state index >= 15 is 0 Å². The molecule has 1 heterocycles. The fourth-order valence-corrected chi connectivity index (χ4v) is 3.72. The van der Waals surface area contributed by atoms with Crippen molar-refractivity contribution in [3.8, 4) is 39.6 Å². The monoisotopic (exact) mass is 454 g/mol. The summed E-state index contributed by atoms with van der Waals surface area (Å²) in [6, 6.07) is 26.3. The number of rotatable bonds is 10. The van der Waals surface area contributed by atoms with Gasteiger partial charge in [0.25, 0.3) is 0 Å². The van der Waals surface area contributed by atoms with Gasteiger partial charge in [0, 0.05) is 29.2 Å². The van der Waals surface area contributed by atoms with Gasteiger partial charge in [-0.15, -0.1) is 0 Å². The van der Waals surface area contributed by atoms with Crippen molar-refractivity contribution in [1.29, 1.82) is 0 Å². The molecule has 0 spiro atoms. The second kappa shape index (κ2) is 11.2. The average Bonchev–Trinajstić information content (AvgIpc) is 2.87. The highest BCUT2D eigenvalue weighted by atomic mass is 16.5. The number of nitrogens with one attached hydrogen (secondary N) is 1. The van der Waals surface area contributed by atoms with Crippen molar-refractivity contribution in [3.63, 3.8) is 0 Å². The summed E-state index contributed by atoms with van der Waals surface area (Å²) >= 11 is 0. The highest BCUT2D eigenvalue weighted by Gasteiger charge is 2.11. The van der Waals surface area contributed by atoms with Crippen molar-refractivity contribution < 1.29 is 14.2 Å². The van der Waals surface area contributed by atoms with E-state index in [0.29, 0.717) is 19.8 Å². The van der Waals surface area contributed by atoms with E-state index in [2.05, 4.69) is 40.6 Å². The van der Waals surface area contributed by atoms with Crippen LogP contribution in [0.4, 0.5) is 11.4 Å². The fourth-order valence-electron chi connectivity index (χ4n) is 3.72. The van der Waals surface area contributed by atoms with Crippen LogP contribution in [0.25, 0.3) is 22.4 Å². The lowest BCUT2D eigenvalue weighted by Crippen LogP contribution is -1.98. The summed E-state index contributed by atoms with van der Waals surface area (Å²) in [7, 11) is 0. The first-order chi connectivity index (χ1) is 16.7. The van der Waals surface area contributed by atoms with Crippen molar-refractivity contribution in [1.82, 2.24) is 4.98 Å². The first-order valence-corrected chi connectivity index (χ1v) is 11.7. The lowest BCUT2D eigenvalue weighted by molar-refractivity contribution is 0.324. The highest BCUT2D eigenvalue weighted by Crippen LogP contribution is 2.34. The van der Waals surface area contributed by atoms with Gasteiger partial charge in [0.1, 0.15) is 17.2 Å². The number of benzene rings is 3. The van der Waals surface area contributed by atoms with Gasteiger partial charge in [0.15, 0.2) is 0 Å². The minimum atomic E-state index is 0.574. The molecule has 0 aliphatic heterocycles. The summed E-state index contributed by atoms with van der Waals surface area (Å²) in [6.45, 7) is 7.78. The van der Waals surface area contributed by atoms with E-state index in [1.165, 1.54) is 0 Å². The largest absolute Gasteiger partial charge is 0.494 e. The molecule has 3 aromatic carbocycles. The molecule has 5 heteroatoms. The van der Waals surface area contributed by atoms with E-state index in [1.807, 2.05) is 75.5 Å². The van der Waals surface area contributed by atoms with Gasteiger partial charge in [0.2, 0.25) is 0 Å². The number of nitrogens with zero attached hydrogens (tertiary/aromatic N) is 1.